The monoisotopic (exact) mass is 304 g/mol. The smallest absolute Gasteiger partial charge is 0.184 e. The lowest BCUT2D eigenvalue weighted by Crippen LogP contribution is -2.24. The summed E-state index contributed by atoms with van der Waals surface area (Å²) in [5, 5.41) is 4.08. The standard InChI is InChI=1S/C14H16N4O2S/c1-19-11-5-6-13(20-2)12(8-11)18-7-3-4-10(18)9-16-17-14(15)21/h3-9H,1-2H3,(H3,15,17,21)/b16-9+. The minimum Gasteiger partial charge on any atom is -0.497 e. The van der Waals surface area contributed by atoms with Crippen LogP contribution in [0, 0.1) is 0 Å². The van der Waals surface area contributed by atoms with Gasteiger partial charge in [-0.2, -0.15) is 5.10 Å². The van der Waals surface area contributed by atoms with Gasteiger partial charge in [-0.3, -0.25) is 5.43 Å². The van der Waals surface area contributed by atoms with E-state index in [0.717, 1.165) is 22.9 Å². The molecule has 0 aliphatic carbocycles. The van der Waals surface area contributed by atoms with E-state index >= 15 is 0 Å². The first kappa shape index (κ1) is 14.9. The average molecular weight is 304 g/mol. The summed E-state index contributed by atoms with van der Waals surface area (Å²) in [5.74, 6) is 1.47. The van der Waals surface area contributed by atoms with Crippen LogP contribution in [0.15, 0.2) is 41.6 Å². The van der Waals surface area contributed by atoms with Crippen LogP contribution in [0.3, 0.4) is 0 Å². The molecule has 0 aliphatic heterocycles. The molecule has 1 aromatic heterocycles. The number of nitrogens with one attached hydrogen (secondary N) is 1. The molecule has 110 valence electrons. The van der Waals surface area contributed by atoms with Crippen molar-refractivity contribution < 1.29 is 9.47 Å². The van der Waals surface area contributed by atoms with Crippen molar-refractivity contribution in [2.24, 2.45) is 10.8 Å². The van der Waals surface area contributed by atoms with Crippen molar-refractivity contribution in [2.75, 3.05) is 14.2 Å². The molecule has 7 heteroatoms. The Morgan fingerprint density at radius 1 is 1.33 bits per heavy atom. The van der Waals surface area contributed by atoms with Gasteiger partial charge in [0.2, 0.25) is 0 Å². The Hall–Kier alpha value is -2.54. The molecule has 21 heavy (non-hydrogen) atoms. The molecular weight excluding hydrogens is 288 g/mol. The second-order valence-corrected chi connectivity index (χ2v) is 4.51. The van der Waals surface area contributed by atoms with Crippen molar-refractivity contribution in [1.82, 2.24) is 9.99 Å². The van der Waals surface area contributed by atoms with Gasteiger partial charge in [0.15, 0.2) is 5.11 Å². The third-order valence-corrected chi connectivity index (χ3v) is 2.89. The summed E-state index contributed by atoms with van der Waals surface area (Å²) in [4.78, 5) is 0. The van der Waals surface area contributed by atoms with Gasteiger partial charge in [-0.15, -0.1) is 0 Å². The second kappa shape index (κ2) is 6.76. The van der Waals surface area contributed by atoms with Crippen LogP contribution in [0.2, 0.25) is 0 Å². The van der Waals surface area contributed by atoms with Crippen molar-refractivity contribution in [2.45, 2.75) is 0 Å². The summed E-state index contributed by atoms with van der Waals surface area (Å²) in [6.45, 7) is 0. The molecule has 0 saturated carbocycles. The molecule has 6 nitrogen and oxygen atoms in total. The third kappa shape index (κ3) is 3.51. The fraction of sp³-hybridized carbons (Fsp3) is 0.143. The lowest BCUT2D eigenvalue weighted by Gasteiger charge is -2.13. The lowest BCUT2D eigenvalue weighted by atomic mass is 10.2. The van der Waals surface area contributed by atoms with Gasteiger partial charge in [0.05, 0.1) is 31.8 Å². The minimum atomic E-state index is 0.114. The molecule has 3 N–H and O–H groups in total. The van der Waals surface area contributed by atoms with Gasteiger partial charge in [-0.1, -0.05) is 0 Å². The van der Waals surface area contributed by atoms with Gasteiger partial charge >= 0.3 is 0 Å². The number of rotatable bonds is 5. The maximum absolute atomic E-state index is 5.39. The first-order valence-corrected chi connectivity index (χ1v) is 6.55. The van der Waals surface area contributed by atoms with Gasteiger partial charge in [-0.05, 0) is 36.5 Å². The molecule has 0 bridgehead atoms. The van der Waals surface area contributed by atoms with Crippen molar-refractivity contribution in [3.63, 3.8) is 0 Å². The predicted octanol–water partition coefficient (Wildman–Crippen LogP) is 1.66. The van der Waals surface area contributed by atoms with Gasteiger partial charge in [-0.25, -0.2) is 0 Å². The number of nitrogens with two attached hydrogens (primary N) is 1. The number of aromatic nitrogens is 1. The molecule has 0 aliphatic rings. The number of nitrogens with zero attached hydrogens (tertiary/aromatic N) is 2. The molecule has 2 aromatic rings. The zero-order valence-electron chi connectivity index (χ0n) is 11.7. The van der Waals surface area contributed by atoms with Crippen LogP contribution >= 0.6 is 12.2 Å². The number of hydrogen-bond donors (Lipinski definition) is 2. The molecule has 0 radical (unpaired) electrons. The summed E-state index contributed by atoms with van der Waals surface area (Å²) >= 11 is 4.70. The Labute approximate surface area is 128 Å². The summed E-state index contributed by atoms with van der Waals surface area (Å²) < 4.78 is 12.6. The van der Waals surface area contributed by atoms with E-state index in [-0.39, 0.29) is 5.11 Å². The first-order valence-electron chi connectivity index (χ1n) is 6.14. The van der Waals surface area contributed by atoms with E-state index in [4.69, 9.17) is 27.4 Å². The molecule has 2 rings (SSSR count). The maximum Gasteiger partial charge on any atom is 0.184 e. The third-order valence-electron chi connectivity index (χ3n) is 2.80. The zero-order valence-corrected chi connectivity index (χ0v) is 12.6. The maximum atomic E-state index is 5.39. The Kier molecular flexibility index (Phi) is 4.78. The van der Waals surface area contributed by atoms with E-state index in [9.17, 15) is 0 Å². The topological polar surface area (TPSA) is 73.8 Å². The number of methoxy groups -OCH3 is 2. The van der Waals surface area contributed by atoms with Gasteiger partial charge in [0, 0.05) is 12.3 Å². The van der Waals surface area contributed by atoms with Crippen LogP contribution in [-0.4, -0.2) is 30.1 Å². The normalized spacial score (nSPS) is 10.6. The van der Waals surface area contributed by atoms with E-state index < -0.39 is 0 Å². The molecule has 0 fully saturated rings. The largest absolute Gasteiger partial charge is 0.497 e. The highest BCUT2D eigenvalue weighted by Crippen LogP contribution is 2.28. The number of benzene rings is 1. The SMILES string of the molecule is COc1ccc(OC)c(-n2cccc2/C=N/NC(N)=S)c1. The molecular formula is C14H16N4O2S. The summed E-state index contributed by atoms with van der Waals surface area (Å²) in [6, 6.07) is 9.39. The van der Waals surface area contributed by atoms with Crippen LogP contribution in [-0.2, 0) is 0 Å². The lowest BCUT2D eigenvalue weighted by molar-refractivity contribution is 0.401. The Morgan fingerprint density at radius 3 is 2.81 bits per heavy atom. The first-order chi connectivity index (χ1) is 10.2. The Bertz CT molecular complexity index is 667. The fourth-order valence-corrected chi connectivity index (χ4v) is 1.92. The van der Waals surface area contributed by atoms with Crippen LogP contribution in [0.5, 0.6) is 11.5 Å². The van der Waals surface area contributed by atoms with Crippen LogP contribution in [0.25, 0.3) is 5.69 Å². The molecule has 0 amide bonds. The van der Waals surface area contributed by atoms with E-state index in [2.05, 4.69) is 10.5 Å². The molecule has 0 atom stereocenters. The summed E-state index contributed by atoms with van der Waals surface area (Å²) in [7, 11) is 3.24. The van der Waals surface area contributed by atoms with Crippen LogP contribution in [0.4, 0.5) is 0 Å². The molecule has 0 spiro atoms. The predicted molar refractivity (Wildman–Crippen MR) is 86.4 cm³/mol. The van der Waals surface area contributed by atoms with E-state index in [0.29, 0.717) is 0 Å². The molecule has 0 unspecified atom stereocenters. The Morgan fingerprint density at radius 2 is 2.14 bits per heavy atom. The molecule has 1 aromatic carbocycles. The van der Waals surface area contributed by atoms with Gasteiger partial charge < -0.3 is 19.8 Å². The fourth-order valence-electron chi connectivity index (χ4n) is 1.87. The Balaban J connectivity index is 2.40. The van der Waals surface area contributed by atoms with Crippen molar-refractivity contribution >= 4 is 23.5 Å². The van der Waals surface area contributed by atoms with E-state index in [1.165, 1.54) is 0 Å². The molecule has 1 heterocycles. The number of hydrogen-bond acceptors (Lipinski definition) is 4. The number of thiocarbonyl (C=S) groups is 1. The molecule has 0 saturated heterocycles. The highest BCUT2D eigenvalue weighted by molar-refractivity contribution is 7.80. The second-order valence-electron chi connectivity index (χ2n) is 4.08. The highest BCUT2D eigenvalue weighted by Gasteiger charge is 2.09. The zero-order chi connectivity index (χ0) is 15.2. The van der Waals surface area contributed by atoms with E-state index in [1.54, 1.807) is 20.4 Å². The van der Waals surface area contributed by atoms with Crippen molar-refractivity contribution in [3.05, 3.63) is 42.2 Å². The number of hydrazone groups is 1. The van der Waals surface area contributed by atoms with E-state index in [1.807, 2.05) is 41.1 Å². The number of ether oxygens (including phenoxy) is 2. The average Bonchev–Trinajstić information content (AvgIpc) is 2.94. The van der Waals surface area contributed by atoms with Crippen molar-refractivity contribution in [3.8, 4) is 17.2 Å². The quantitative estimate of drug-likeness (QED) is 0.499. The van der Waals surface area contributed by atoms with Gasteiger partial charge in [0.25, 0.3) is 0 Å². The van der Waals surface area contributed by atoms with Gasteiger partial charge in [0.1, 0.15) is 11.5 Å². The van der Waals surface area contributed by atoms with Crippen molar-refractivity contribution in [1.29, 1.82) is 0 Å². The highest BCUT2D eigenvalue weighted by atomic mass is 32.1. The van der Waals surface area contributed by atoms with Crippen LogP contribution < -0.4 is 20.6 Å². The van der Waals surface area contributed by atoms with Crippen LogP contribution in [0.1, 0.15) is 5.69 Å². The summed E-state index contributed by atoms with van der Waals surface area (Å²) in [6.07, 6.45) is 3.53. The summed E-state index contributed by atoms with van der Waals surface area (Å²) in [5.41, 5.74) is 9.54. The minimum absolute atomic E-state index is 0.114.